The summed E-state index contributed by atoms with van der Waals surface area (Å²) in [6.45, 7) is 7.71. The van der Waals surface area contributed by atoms with Crippen LogP contribution in [0.25, 0.3) is 0 Å². The summed E-state index contributed by atoms with van der Waals surface area (Å²) < 4.78 is 6.79. The van der Waals surface area contributed by atoms with E-state index in [2.05, 4.69) is 0 Å². The molecule has 0 aliphatic heterocycles. The van der Waals surface area contributed by atoms with Crippen LogP contribution in [-0.2, 0) is 4.74 Å². The molecular weight excluding hydrogens is 274 g/mol. The van der Waals surface area contributed by atoms with Crippen molar-refractivity contribution in [3.8, 4) is 0 Å². The lowest BCUT2D eigenvalue weighted by Crippen LogP contribution is -2.28. The second kappa shape index (κ2) is 7.53. The number of carbonyl (C=O) groups is 1. The van der Waals surface area contributed by atoms with Crippen molar-refractivity contribution < 1.29 is 9.53 Å². The summed E-state index contributed by atoms with van der Waals surface area (Å²) >= 11 is 1.75. The number of esters is 1. The molecule has 1 rings (SSSR count). The van der Waals surface area contributed by atoms with Crippen molar-refractivity contribution >= 4 is 17.7 Å². The largest absolute Gasteiger partial charge is 0.462 e. The molecule has 0 amide bonds. The zero-order chi connectivity index (χ0) is 15.3. The predicted octanol–water partition coefficient (Wildman–Crippen LogP) is 2.96. The second-order valence-corrected chi connectivity index (χ2v) is 5.83. The van der Waals surface area contributed by atoms with Gasteiger partial charge in [-0.2, -0.15) is 11.8 Å². The molecule has 1 unspecified atom stereocenters. The highest BCUT2D eigenvalue weighted by Gasteiger charge is 2.20. The first-order valence-corrected chi connectivity index (χ1v) is 8.22. The number of hydrogen-bond donors (Lipinski definition) is 0. The van der Waals surface area contributed by atoms with Crippen LogP contribution in [0.15, 0.2) is 10.9 Å². The second-order valence-electron chi connectivity index (χ2n) is 4.85. The van der Waals surface area contributed by atoms with E-state index in [-0.39, 0.29) is 17.6 Å². The average Bonchev–Trinajstić information content (AvgIpc) is 2.35. The Labute approximate surface area is 124 Å². The summed E-state index contributed by atoms with van der Waals surface area (Å²) in [4.78, 5) is 24.2. The molecule has 0 bridgehead atoms. The smallest absolute Gasteiger partial charge is 0.340 e. The van der Waals surface area contributed by atoms with Gasteiger partial charge >= 0.3 is 5.97 Å². The summed E-state index contributed by atoms with van der Waals surface area (Å²) in [6, 6.07) is 1.60. The third kappa shape index (κ3) is 3.66. The molecular formula is C15H23NO3S. The van der Waals surface area contributed by atoms with E-state index < -0.39 is 0 Å². The van der Waals surface area contributed by atoms with Gasteiger partial charge in [-0.25, -0.2) is 4.79 Å². The highest BCUT2D eigenvalue weighted by atomic mass is 32.2. The van der Waals surface area contributed by atoms with Crippen LogP contribution in [-0.4, -0.2) is 29.2 Å². The van der Waals surface area contributed by atoms with Crippen LogP contribution in [0.3, 0.4) is 0 Å². The van der Waals surface area contributed by atoms with E-state index in [9.17, 15) is 9.59 Å². The molecule has 0 N–H and O–H groups in total. The minimum atomic E-state index is -0.353. The van der Waals surface area contributed by atoms with Crippen molar-refractivity contribution in [2.75, 3.05) is 18.6 Å². The van der Waals surface area contributed by atoms with Crippen molar-refractivity contribution in [3.05, 3.63) is 33.2 Å². The van der Waals surface area contributed by atoms with Crippen molar-refractivity contribution in [2.24, 2.45) is 0 Å². The molecule has 0 spiro atoms. The number of carbonyl (C=O) groups excluding carboxylic acids is 1. The first-order chi connectivity index (χ1) is 9.43. The van der Waals surface area contributed by atoms with Gasteiger partial charge in [-0.1, -0.05) is 0 Å². The minimum absolute atomic E-state index is 0.0540. The molecule has 4 nitrogen and oxygen atoms in total. The number of aryl methyl sites for hydroxylation is 1. The molecule has 0 saturated carbocycles. The van der Waals surface area contributed by atoms with Gasteiger partial charge in [0.2, 0.25) is 0 Å². The lowest BCUT2D eigenvalue weighted by Gasteiger charge is -2.20. The lowest BCUT2D eigenvalue weighted by atomic mass is 10.1. The normalized spacial score (nSPS) is 12.2. The highest BCUT2D eigenvalue weighted by molar-refractivity contribution is 7.98. The SMILES string of the molecule is CCOC(=O)c1c(C)cc(=O)n(C(C)CCSC)c1C. The van der Waals surface area contributed by atoms with Crippen molar-refractivity contribution in [1.82, 2.24) is 4.57 Å². The molecule has 1 aromatic heterocycles. The summed E-state index contributed by atoms with van der Waals surface area (Å²) in [7, 11) is 0. The van der Waals surface area contributed by atoms with Gasteiger partial charge in [0.1, 0.15) is 0 Å². The van der Waals surface area contributed by atoms with Gasteiger partial charge in [-0.15, -0.1) is 0 Å². The lowest BCUT2D eigenvalue weighted by molar-refractivity contribution is 0.0523. The van der Waals surface area contributed by atoms with Crippen LogP contribution in [0.2, 0.25) is 0 Å². The molecule has 0 aliphatic rings. The summed E-state index contributed by atoms with van der Waals surface area (Å²) in [6.07, 6.45) is 2.94. The number of hydrogen-bond acceptors (Lipinski definition) is 4. The fourth-order valence-corrected chi connectivity index (χ4v) is 2.95. The van der Waals surface area contributed by atoms with Gasteiger partial charge in [0.25, 0.3) is 5.56 Å². The van der Waals surface area contributed by atoms with Gasteiger partial charge in [0.15, 0.2) is 0 Å². The Morgan fingerprint density at radius 1 is 1.45 bits per heavy atom. The number of rotatable bonds is 6. The van der Waals surface area contributed by atoms with Crippen LogP contribution in [0.5, 0.6) is 0 Å². The maximum Gasteiger partial charge on any atom is 0.340 e. The first kappa shape index (κ1) is 16.8. The Balaban J connectivity index is 3.29. The Morgan fingerprint density at radius 3 is 2.65 bits per heavy atom. The molecule has 1 atom stereocenters. The van der Waals surface area contributed by atoms with Gasteiger partial charge in [-0.05, 0) is 51.7 Å². The standard InChI is InChI=1S/C15H23NO3S/c1-6-19-15(18)14-10(2)9-13(17)16(12(14)4)11(3)7-8-20-5/h9,11H,6-8H2,1-5H3. The maximum atomic E-state index is 12.2. The Hall–Kier alpha value is -1.23. The molecule has 1 heterocycles. The summed E-state index contributed by atoms with van der Waals surface area (Å²) in [5, 5.41) is 0. The average molecular weight is 297 g/mol. The van der Waals surface area contributed by atoms with E-state index in [0.29, 0.717) is 23.4 Å². The van der Waals surface area contributed by atoms with Crippen LogP contribution in [0, 0.1) is 13.8 Å². The highest BCUT2D eigenvalue weighted by Crippen LogP contribution is 2.19. The third-order valence-electron chi connectivity index (χ3n) is 3.35. The van der Waals surface area contributed by atoms with Gasteiger partial charge in [0.05, 0.1) is 12.2 Å². The predicted molar refractivity (Wildman–Crippen MR) is 83.8 cm³/mol. The van der Waals surface area contributed by atoms with E-state index in [4.69, 9.17) is 4.74 Å². The van der Waals surface area contributed by atoms with Gasteiger partial charge in [0, 0.05) is 17.8 Å². The van der Waals surface area contributed by atoms with E-state index in [1.54, 1.807) is 30.2 Å². The molecule has 112 valence electrons. The zero-order valence-electron chi connectivity index (χ0n) is 12.9. The quantitative estimate of drug-likeness (QED) is 0.757. The minimum Gasteiger partial charge on any atom is -0.462 e. The van der Waals surface area contributed by atoms with E-state index >= 15 is 0 Å². The van der Waals surface area contributed by atoms with E-state index in [1.807, 2.05) is 20.1 Å². The monoisotopic (exact) mass is 297 g/mol. The molecule has 5 heteroatoms. The summed E-state index contributed by atoms with van der Waals surface area (Å²) in [5.41, 5.74) is 1.84. The number of nitrogens with zero attached hydrogens (tertiary/aromatic N) is 1. The molecule has 0 aromatic carbocycles. The van der Waals surface area contributed by atoms with E-state index in [0.717, 1.165) is 12.2 Å². The van der Waals surface area contributed by atoms with Crippen LogP contribution >= 0.6 is 11.8 Å². The van der Waals surface area contributed by atoms with Crippen LogP contribution < -0.4 is 5.56 Å². The maximum absolute atomic E-state index is 12.2. The Kier molecular flexibility index (Phi) is 6.33. The van der Waals surface area contributed by atoms with Crippen LogP contribution in [0.1, 0.15) is 47.9 Å². The molecule has 0 saturated heterocycles. The topological polar surface area (TPSA) is 48.3 Å². The van der Waals surface area contributed by atoms with Gasteiger partial charge < -0.3 is 9.30 Å². The molecule has 0 radical (unpaired) electrons. The molecule has 0 aliphatic carbocycles. The molecule has 1 aromatic rings. The third-order valence-corrected chi connectivity index (χ3v) is 4.00. The number of aromatic nitrogens is 1. The van der Waals surface area contributed by atoms with Crippen molar-refractivity contribution in [1.29, 1.82) is 0 Å². The Bertz CT molecular complexity index is 537. The Morgan fingerprint density at radius 2 is 2.10 bits per heavy atom. The fourth-order valence-electron chi connectivity index (χ4n) is 2.38. The number of ether oxygens (including phenoxy) is 1. The first-order valence-electron chi connectivity index (χ1n) is 6.82. The number of thioether (sulfide) groups is 1. The number of pyridine rings is 1. The van der Waals surface area contributed by atoms with Crippen molar-refractivity contribution in [3.63, 3.8) is 0 Å². The summed E-state index contributed by atoms with van der Waals surface area (Å²) in [5.74, 6) is 0.628. The van der Waals surface area contributed by atoms with E-state index in [1.165, 1.54) is 6.07 Å². The fraction of sp³-hybridized carbons (Fsp3) is 0.600. The molecule has 0 fully saturated rings. The van der Waals surface area contributed by atoms with Gasteiger partial charge in [-0.3, -0.25) is 4.79 Å². The van der Waals surface area contributed by atoms with Crippen molar-refractivity contribution in [2.45, 2.75) is 40.2 Å². The van der Waals surface area contributed by atoms with Crippen LogP contribution in [0.4, 0.5) is 0 Å². The molecule has 20 heavy (non-hydrogen) atoms. The zero-order valence-corrected chi connectivity index (χ0v) is 13.7.